The largest absolute Gasteiger partial charge is 0.376 e. The van der Waals surface area contributed by atoms with Gasteiger partial charge in [-0.2, -0.15) is 5.10 Å². The first-order valence-corrected chi connectivity index (χ1v) is 10.3. The molecule has 0 aromatic carbocycles. The molecule has 144 valence electrons. The van der Waals surface area contributed by atoms with E-state index in [4.69, 9.17) is 17.0 Å². The Bertz CT molecular complexity index is 648. The summed E-state index contributed by atoms with van der Waals surface area (Å²) in [5, 5.41) is 8.39. The smallest absolute Gasteiger partial charge is 0.187 e. The van der Waals surface area contributed by atoms with Gasteiger partial charge < -0.3 is 14.6 Å². The predicted octanol–water partition coefficient (Wildman–Crippen LogP) is 3.66. The van der Waals surface area contributed by atoms with E-state index in [-0.39, 0.29) is 0 Å². The molecule has 0 spiro atoms. The third-order valence-electron chi connectivity index (χ3n) is 5.82. The fourth-order valence-corrected chi connectivity index (χ4v) is 4.33. The average molecular weight is 377 g/mol. The van der Waals surface area contributed by atoms with Crippen molar-refractivity contribution in [3.05, 3.63) is 23.0 Å². The van der Waals surface area contributed by atoms with Crippen molar-refractivity contribution >= 4 is 23.5 Å². The van der Waals surface area contributed by atoms with Crippen LogP contribution in [0.4, 0.5) is 0 Å². The number of hydrazone groups is 1. The van der Waals surface area contributed by atoms with Crippen LogP contribution in [-0.4, -0.2) is 34.6 Å². The minimum atomic E-state index is 0.344. The molecule has 1 aromatic rings. The van der Waals surface area contributed by atoms with E-state index in [0.29, 0.717) is 23.2 Å². The van der Waals surface area contributed by atoms with Crippen LogP contribution < -0.4 is 10.7 Å². The van der Waals surface area contributed by atoms with Crippen molar-refractivity contribution in [3.8, 4) is 0 Å². The lowest BCUT2D eigenvalue weighted by Gasteiger charge is -2.30. The fraction of sp³-hybridized carbons (Fsp3) is 0.700. The van der Waals surface area contributed by atoms with Crippen molar-refractivity contribution in [2.75, 3.05) is 6.61 Å². The van der Waals surface area contributed by atoms with Gasteiger partial charge in [-0.05, 0) is 63.7 Å². The monoisotopic (exact) mass is 376 g/mol. The molecule has 1 aliphatic carbocycles. The Kier molecular flexibility index (Phi) is 6.70. The summed E-state index contributed by atoms with van der Waals surface area (Å²) in [7, 11) is 0. The molecule has 1 saturated heterocycles. The average Bonchev–Trinajstić information content (AvgIpc) is 3.21. The van der Waals surface area contributed by atoms with Crippen molar-refractivity contribution in [1.29, 1.82) is 0 Å². The first kappa shape index (κ1) is 19.4. The van der Waals surface area contributed by atoms with Crippen molar-refractivity contribution in [1.82, 2.24) is 15.3 Å². The van der Waals surface area contributed by atoms with Crippen LogP contribution in [-0.2, 0) is 11.3 Å². The zero-order chi connectivity index (χ0) is 18.5. The van der Waals surface area contributed by atoms with Crippen LogP contribution in [0.2, 0.25) is 0 Å². The molecule has 2 heterocycles. The van der Waals surface area contributed by atoms with Crippen molar-refractivity contribution in [3.63, 3.8) is 0 Å². The van der Waals surface area contributed by atoms with Crippen LogP contribution in [0, 0.1) is 19.8 Å². The van der Waals surface area contributed by atoms with Gasteiger partial charge in [0, 0.05) is 36.1 Å². The molecule has 26 heavy (non-hydrogen) atoms. The highest BCUT2D eigenvalue weighted by Gasteiger charge is 2.21. The molecular formula is C20H32N4OS. The molecule has 0 amide bonds. The number of thiocarbonyl (C=S) groups is 1. The molecule has 3 atom stereocenters. The van der Waals surface area contributed by atoms with E-state index in [1.165, 1.54) is 43.5 Å². The number of nitrogens with zero attached hydrogens (tertiary/aromatic N) is 2. The highest BCUT2D eigenvalue weighted by molar-refractivity contribution is 7.80. The standard InChI is InChI=1S/C20H32N4OS/c1-14-7-4-5-9-19(14)22-20(26)23-21-12-17-11-15(2)24(16(17)3)13-18-8-6-10-25-18/h11-12,14,18-19H,4-10,13H2,1-3H3,(H2,22,23,26)/b21-12-/t14-,18-,19+/m0/s1. The molecule has 0 bridgehead atoms. The van der Waals surface area contributed by atoms with Crippen LogP contribution in [0.5, 0.6) is 0 Å². The van der Waals surface area contributed by atoms with Gasteiger partial charge in [0.1, 0.15) is 0 Å². The van der Waals surface area contributed by atoms with Crippen molar-refractivity contribution in [2.24, 2.45) is 11.0 Å². The molecule has 3 rings (SSSR count). The Labute approximate surface area is 162 Å². The lowest BCUT2D eigenvalue weighted by Crippen LogP contribution is -2.44. The second-order valence-electron chi connectivity index (χ2n) is 7.78. The Morgan fingerprint density at radius 1 is 1.31 bits per heavy atom. The van der Waals surface area contributed by atoms with E-state index in [2.05, 4.69) is 47.2 Å². The predicted molar refractivity (Wildman–Crippen MR) is 111 cm³/mol. The van der Waals surface area contributed by atoms with E-state index < -0.39 is 0 Å². The van der Waals surface area contributed by atoms with E-state index in [0.717, 1.165) is 25.1 Å². The molecule has 2 fully saturated rings. The molecule has 2 aliphatic rings. The number of rotatable bonds is 5. The minimum absolute atomic E-state index is 0.344. The third kappa shape index (κ3) is 4.86. The quantitative estimate of drug-likeness (QED) is 0.468. The van der Waals surface area contributed by atoms with Gasteiger partial charge in [-0.1, -0.05) is 19.8 Å². The lowest BCUT2D eigenvalue weighted by atomic mass is 9.86. The van der Waals surface area contributed by atoms with Crippen molar-refractivity contribution < 1.29 is 4.74 Å². The molecule has 1 saturated carbocycles. The van der Waals surface area contributed by atoms with Crippen LogP contribution in [0.1, 0.15) is 62.4 Å². The maximum atomic E-state index is 5.78. The third-order valence-corrected chi connectivity index (χ3v) is 6.03. The van der Waals surface area contributed by atoms with Gasteiger partial charge in [0.25, 0.3) is 0 Å². The Balaban J connectivity index is 1.53. The summed E-state index contributed by atoms with van der Waals surface area (Å²) >= 11 is 5.40. The number of aryl methyl sites for hydroxylation is 1. The number of nitrogens with one attached hydrogen (secondary N) is 2. The van der Waals surface area contributed by atoms with E-state index in [1.807, 2.05) is 6.21 Å². The second-order valence-corrected chi connectivity index (χ2v) is 8.19. The Hall–Kier alpha value is -1.40. The van der Waals surface area contributed by atoms with E-state index >= 15 is 0 Å². The van der Waals surface area contributed by atoms with Crippen LogP contribution in [0.15, 0.2) is 11.2 Å². The van der Waals surface area contributed by atoms with Gasteiger partial charge in [-0.25, -0.2) is 0 Å². The maximum Gasteiger partial charge on any atom is 0.187 e. The van der Waals surface area contributed by atoms with Crippen molar-refractivity contribution in [2.45, 2.75) is 78.0 Å². The van der Waals surface area contributed by atoms with E-state index in [1.54, 1.807) is 0 Å². The topological polar surface area (TPSA) is 50.6 Å². The lowest BCUT2D eigenvalue weighted by molar-refractivity contribution is 0.0962. The van der Waals surface area contributed by atoms with Gasteiger partial charge in [-0.3, -0.25) is 5.43 Å². The zero-order valence-corrected chi connectivity index (χ0v) is 17.1. The van der Waals surface area contributed by atoms with Gasteiger partial charge in [0.05, 0.1) is 12.3 Å². The summed E-state index contributed by atoms with van der Waals surface area (Å²) in [6, 6.07) is 2.64. The van der Waals surface area contributed by atoms with Crippen LogP contribution in [0.25, 0.3) is 0 Å². The van der Waals surface area contributed by atoms with Gasteiger partial charge in [-0.15, -0.1) is 0 Å². The summed E-state index contributed by atoms with van der Waals surface area (Å²) < 4.78 is 8.11. The summed E-state index contributed by atoms with van der Waals surface area (Å²) in [4.78, 5) is 0. The maximum absolute atomic E-state index is 5.78. The molecule has 0 unspecified atom stereocenters. The zero-order valence-electron chi connectivity index (χ0n) is 16.3. The molecule has 2 N–H and O–H groups in total. The van der Waals surface area contributed by atoms with Gasteiger partial charge >= 0.3 is 0 Å². The van der Waals surface area contributed by atoms with Gasteiger partial charge in [0.15, 0.2) is 5.11 Å². The van der Waals surface area contributed by atoms with Crippen LogP contribution >= 0.6 is 12.2 Å². The number of hydrogen-bond donors (Lipinski definition) is 2. The summed E-state index contributed by atoms with van der Waals surface area (Å²) in [6.45, 7) is 8.41. The number of hydrogen-bond acceptors (Lipinski definition) is 3. The molecular weight excluding hydrogens is 344 g/mol. The molecule has 0 radical (unpaired) electrons. The van der Waals surface area contributed by atoms with E-state index in [9.17, 15) is 0 Å². The fourth-order valence-electron chi connectivity index (χ4n) is 4.12. The Morgan fingerprint density at radius 3 is 2.85 bits per heavy atom. The highest BCUT2D eigenvalue weighted by atomic mass is 32.1. The Morgan fingerprint density at radius 2 is 2.12 bits per heavy atom. The SMILES string of the molecule is Cc1cc(/C=N\NC(=S)N[C@@H]2CCCC[C@@H]2C)c(C)n1C[C@@H]1CCCO1. The highest BCUT2D eigenvalue weighted by Crippen LogP contribution is 2.23. The molecule has 1 aliphatic heterocycles. The first-order chi connectivity index (χ1) is 12.5. The van der Waals surface area contributed by atoms with Gasteiger partial charge in [0.2, 0.25) is 0 Å². The van der Waals surface area contributed by atoms with Crippen LogP contribution in [0.3, 0.4) is 0 Å². The normalized spacial score (nSPS) is 26.3. The summed E-state index contributed by atoms with van der Waals surface area (Å²) in [5.41, 5.74) is 6.58. The minimum Gasteiger partial charge on any atom is -0.376 e. The second kappa shape index (κ2) is 9.00. The molecule has 5 nitrogen and oxygen atoms in total. The summed E-state index contributed by atoms with van der Waals surface area (Å²) in [5.74, 6) is 0.671. The molecule has 6 heteroatoms. The first-order valence-electron chi connectivity index (χ1n) is 9.92. The number of ether oxygens (including phenoxy) is 1. The number of aromatic nitrogens is 1. The summed E-state index contributed by atoms with van der Waals surface area (Å²) in [6.07, 6.45) is 9.62. The molecule has 1 aromatic heterocycles.